The number of nitrogens with zero attached hydrogens (tertiary/aromatic N) is 4. The predicted octanol–water partition coefficient (Wildman–Crippen LogP) is 2.72. The Morgan fingerprint density at radius 3 is 2.24 bits per heavy atom. The van der Waals surface area contributed by atoms with E-state index in [9.17, 15) is 0 Å². The molecule has 2 aromatic rings. The lowest BCUT2D eigenvalue weighted by atomic mass is 10.2. The van der Waals surface area contributed by atoms with Crippen LogP contribution >= 0.6 is 0 Å². The van der Waals surface area contributed by atoms with E-state index < -0.39 is 0 Å². The quantitative estimate of drug-likeness (QED) is 0.775. The summed E-state index contributed by atoms with van der Waals surface area (Å²) in [5.41, 5.74) is 3.73. The van der Waals surface area contributed by atoms with Crippen molar-refractivity contribution < 1.29 is 4.74 Å². The fraction of sp³-hybridized carbons (Fsp3) is 0.550. The van der Waals surface area contributed by atoms with Crippen molar-refractivity contribution in [3.05, 3.63) is 47.3 Å². The van der Waals surface area contributed by atoms with Crippen molar-refractivity contribution in [1.82, 2.24) is 19.6 Å². The molecule has 5 heteroatoms. The first-order valence-electron chi connectivity index (χ1n) is 9.31. The summed E-state index contributed by atoms with van der Waals surface area (Å²) < 4.78 is 7.64. The zero-order valence-electron chi connectivity index (χ0n) is 15.7. The zero-order valence-corrected chi connectivity index (χ0v) is 15.7. The van der Waals surface area contributed by atoms with Gasteiger partial charge in [-0.05, 0) is 44.5 Å². The first-order valence-corrected chi connectivity index (χ1v) is 9.31. The maximum absolute atomic E-state index is 5.51. The highest BCUT2D eigenvalue weighted by atomic mass is 16.5. The van der Waals surface area contributed by atoms with Crippen LogP contribution in [0.15, 0.2) is 30.3 Å². The molecule has 0 aliphatic carbocycles. The molecule has 1 fully saturated rings. The summed E-state index contributed by atoms with van der Waals surface area (Å²) in [6.07, 6.45) is 0. The van der Waals surface area contributed by atoms with Gasteiger partial charge in [-0.15, -0.1) is 0 Å². The molecule has 0 amide bonds. The third kappa shape index (κ3) is 5.06. The second-order valence-corrected chi connectivity index (χ2v) is 6.84. The van der Waals surface area contributed by atoms with Crippen LogP contribution in [0.2, 0.25) is 0 Å². The zero-order chi connectivity index (χ0) is 17.6. The number of benzene rings is 1. The minimum atomic E-state index is 0.721. The van der Waals surface area contributed by atoms with Crippen LogP contribution in [-0.4, -0.2) is 58.9 Å². The molecular weight excluding hydrogens is 312 g/mol. The van der Waals surface area contributed by atoms with E-state index in [-0.39, 0.29) is 0 Å². The van der Waals surface area contributed by atoms with Crippen LogP contribution in [0.1, 0.15) is 23.9 Å². The van der Waals surface area contributed by atoms with Gasteiger partial charge >= 0.3 is 0 Å². The van der Waals surface area contributed by atoms with Crippen molar-refractivity contribution in [2.75, 3.05) is 39.3 Å². The molecule has 5 nitrogen and oxygen atoms in total. The molecule has 1 saturated heterocycles. The molecule has 1 aromatic carbocycles. The second kappa shape index (κ2) is 8.50. The van der Waals surface area contributed by atoms with Gasteiger partial charge in [0.1, 0.15) is 5.75 Å². The van der Waals surface area contributed by atoms with E-state index in [0.29, 0.717) is 0 Å². The number of hydrogen-bond donors (Lipinski definition) is 0. The van der Waals surface area contributed by atoms with E-state index >= 15 is 0 Å². The Balaban J connectivity index is 1.41. The van der Waals surface area contributed by atoms with Crippen LogP contribution in [0.5, 0.6) is 5.75 Å². The highest BCUT2D eigenvalue weighted by Gasteiger charge is 2.17. The van der Waals surface area contributed by atoms with Gasteiger partial charge in [-0.1, -0.05) is 12.1 Å². The molecule has 136 valence electrons. The van der Waals surface area contributed by atoms with Crippen LogP contribution in [-0.2, 0) is 13.1 Å². The third-order valence-electron chi connectivity index (χ3n) is 4.84. The van der Waals surface area contributed by atoms with E-state index in [1.807, 2.05) is 6.92 Å². The number of rotatable bonds is 7. The maximum Gasteiger partial charge on any atom is 0.119 e. The molecule has 0 bridgehead atoms. The largest absolute Gasteiger partial charge is 0.494 e. The van der Waals surface area contributed by atoms with Crippen LogP contribution < -0.4 is 4.74 Å². The van der Waals surface area contributed by atoms with Gasteiger partial charge in [0.05, 0.1) is 18.8 Å². The normalized spacial score (nSPS) is 16.3. The average molecular weight is 342 g/mol. The van der Waals surface area contributed by atoms with Crippen molar-refractivity contribution in [3.63, 3.8) is 0 Å². The van der Waals surface area contributed by atoms with Gasteiger partial charge in [0, 0.05) is 45.0 Å². The Hall–Kier alpha value is -1.85. The number of aromatic nitrogens is 2. The molecule has 1 aromatic heterocycles. The highest BCUT2D eigenvalue weighted by molar-refractivity contribution is 5.27. The van der Waals surface area contributed by atoms with Crippen molar-refractivity contribution >= 4 is 0 Å². The van der Waals surface area contributed by atoms with Crippen molar-refractivity contribution in [1.29, 1.82) is 0 Å². The molecule has 0 spiro atoms. The molecular formula is C20H30N4O. The summed E-state index contributed by atoms with van der Waals surface area (Å²) in [7, 11) is 0. The summed E-state index contributed by atoms with van der Waals surface area (Å²) in [5.74, 6) is 0.959. The summed E-state index contributed by atoms with van der Waals surface area (Å²) >= 11 is 0. The standard InChI is InChI=1S/C20H30N4O/c1-4-25-20-7-5-19(6-8-20)16-23-11-9-22(10-12-23)13-14-24-18(3)15-17(2)21-24/h5-8,15H,4,9-14,16H2,1-3H3. The minimum Gasteiger partial charge on any atom is -0.494 e. The maximum atomic E-state index is 5.51. The molecule has 1 aliphatic rings. The molecule has 0 radical (unpaired) electrons. The van der Waals surface area contributed by atoms with Crippen LogP contribution in [0.3, 0.4) is 0 Å². The molecule has 0 saturated carbocycles. The molecule has 0 unspecified atom stereocenters. The van der Waals surface area contributed by atoms with Crippen molar-refractivity contribution in [3.8, 4) is 5.75 Å². The molecule has 25 heavy (non-hydrogen) atoms. The number of aryl methyl sites for hydroxylation is 2. The molecule has 0 atom stereocenters. The molecule has 1 aliphatic heterocycles. The van der Waals surface area contributed by atoms with Gasteiger partial charge in [-0.25, -0.2) is 0 Å². The summed E-state index contributed by atoms with van der Waals surface area (Å²) in [4.78, 5) is 5.08. The predicted molar refractivity (Wildman–Crippen MR) is 101 cm³/mol. The van der Waals surface area contributed by atoms with Gasteiger partial charge in [0.15, 0.2) is 0 Å². The van der Waals surface area contributed by atoms with E-state index in [1.54, 1.807) is 0 Å². The number of hydrogen-bond acceptors (Lipinski definition) is 4. The minimum absolute atomic E-state index is 0.721. The lowest BCUT2D eigenvalue weighted by Crippen LogP contribution is -2.46. The summed E-state index contributed by atoms with van der Waals surface area (Å²) in [5, 5.41) is 4.55. The lowest BCUT2D eigenvalue weighted by Gasteiger charge is -2.34. The number of piperazine rings is 1. The summed E-state index contributed by atoms with van der Waals surface area (Å²) in [6.45, 7) is 14.6. The Kier molecular flexibility index (Phi) is 6.10. The lowest BCUT2D eigenvalue weighted by molar-refractivity contribution is 0.123. The second-order valence-electron chi connectivity index (χ2n) is 6.84. The molecule has 2 heterocycles. The number of ether oxygens (including phenoxy) is 1. The van der Waals surface area contributed by atoms with Crippen molar-refractivity contribution in [2.24, 2.45) is 0 Å². The fourth-order valence-electron chi connectivity index (χ4n) is 3.42. The molecule has 0 N–H and O–H groups in total. The Morgan fingerprint density at radius 2 is 1.64 bits per heavy atom. The monoisotopic (exact) mass is 342 g/mol. The van der Waals surface area contributed by atoms with Gasteiger partial charge < -0.3 is 4.74 Å². The van der Waals surface area contributed by atoms with E-state index in [0.717, 1.165) is 63.9 Å². The first kappa shape index (κ1) is 18.0. The van der Waals surface area contributed by atoms with E-state index in [1.165, 1.54) is 11.3 Å². The van der Waals surface area contributed by atoms with Crippen LogP contribution in [0.4, 0.5) is 0 Å². The van der Waals surface area contributed by atoms with Gasteiger partial charge in [0.25, 0.3) is 0 Å². The molecule has 3 rings (SSSR count). The Morgan fingerprint density at radius 1 is 0.960 bits per heavy atom. The average Bonchev–Trinajstić information content (AvgIpc) is 2.94. The van der Waals surface area contributed by atoms with Gasteiger partial charge in [-0.2, -0.15) is 5.10 Å². The first-order chi connectivity index (χ1) is 12.1. The van der Waals surface area contributed by atoms with Gasteiger partial charge in [0.2, 0.25) is 0 Å². The van der Waals surface area contributed by atoms with E-state index in [2.05, 4.69) is 63.8 Å². The fourth-order valence-corrected chi connectivity index (χ4v) is 3.42. The summed E-state index contributed by atoms with van der Waals surface area (Å²) in [6, 6.07) is 10.7. The van der Waals surface area contributed by atoms with Crippen LogP contribution in [0.25, 0.3) is 0 Å². The van der Waals surface area contributed by atoms with Crippen LogP contribution in [0, 0.1) is 13.8 Å². The topological polar surface area (TPSA) is 33.5 Å². The SMILES string of the molecule is CCOc1ccc(CN2CCN(CCn3nc(C)cc3C)CC2)cc1. The highest BCUT2D eigenvalue weighted by Crippen LogP contribution is 2.14. The van der Waals surface area contributed by atoms with Crippen molar-refractivity contribution in [2.45, 2.75) is 33.9 Å². The van der Waals surface area contributed by atoms with Gasteiger partial charge in [-0.3, -0.25) is 14.5 Å². The smallest absolute Gasteiger partial charge is 0.119 e. The third-order valence-corrected chi connectivity index (χ3v) is 4.84. The van der Waals surface area contributed by atoms with E-state index in [4.69, 9.17) is 4.74 Å². The Labute approximate surface area is 151 Å². The Bertz CT molecular complexity index is 657.